The predicted molar refractivity (Wildman–Crippen MR) is 99.6 cm³/mol. The number of nitrogens with one attached hydrogen (secondary N) is 1. The first-order valence-corrected chi connectivity index (χ1v) is 9.15. The van der Waals surface area contributed by atoms with Crippen LogP contribution in [0.25, 0.3) is 0 Å². The fourth-order valence-corrected chi connectivity index (χ4v) is 3.36. The Labute approximate surface area is 151 Å². The number of likely N-dealkylation sites (tertiary alicyclic amines) is 1. The van der Waals surface area contributed by atoms with Crippen molar-refractivity contribution in [2.75, 3.05) is 26.7 Å². The van der Waals surface area contributed by atoms with Crippen molar-refractivity contribution < 1.29 is 9.59 Å². The van der Waals surface area contributed by atoms with Crippen LogP contribution in [0, 0.1) is 0 Å². The summed E-state index contributed by atoms with van der Waals surface area (Å²) in [6.07, 6.45) is 4.48. The molecule has 2 rings (SSSR count). The highest BCUT2D eigenvalue weighted by Gasteiger charge is 2.36. The predicted octanol–water partition coefficient (Wildman–Crippen LogP) is 1.91. The average molecular weight is 348 g/mol. The van der Waals surface area contributed by atoms with Gasteiger partial charge in [0.05, 0.1) is 11.6 Å². The van der Waals surface area contributed by atoms with E-state index in [0.29, 0.717) is 18.5 Å². The van der Waals surface area contributed by atoms with Gasteiger partial charge in [0.1, 0.15) is 0 Å². The fraction of sp³-hybridized carbons (Fsp3) is 0.684. The van der Waals surface area contributed by atoms with Crippen molar-refractivity contribution in [1.82, 2.24) is 19.7 Å². The number of carbonyl (C=O) groups excluding carboxylic acids is 2. The molecule has 0 aliphatic carbocycles. The van der Waals surface area contributed by atoms with Gasteiger partial charge in [0.25, 0.3) is 5.91 Å². The SMILES string of the molecule is CCN(CC)C(=O)[C@@H]1C[C@@H](NC(=O)c2ccn(C(C)(C)C)c2)CN1C. The molecule has 25 heavy (non-hydrogen) atoms. The van der Waals surface area contributed by atoms with Crippen molar-refractivity contribution in [3.63, 3.8) is 0 Å². The van der Waals surface area contributed by atoms with E-state index < -0.39 is 0 Å². The van der Waals surface area contributed by atoms with Gasteiger partial charge >= 0.3 is 0 Å². The number of nitrogens with zero attached hydrogens (tertiary/aromatic N) is 3. The summed E-state index contributed by atoms with van der Waals surface area (Å²) in [5.41, 5.74) is 0.615. The molecule has 1 aromatic heterocycles. The van der Waals surface area contributed by atoms with Gasteiger partial charge in [0, 0.05) is 43.6 Å². The van der Waals surface area contributed by atoms with E-state index in [1.54, 1.807) is 0 Å². The summed E-state index contributed by atoms with van der Waals surface area (Å²) in [7, 11) is 1.95. The smallest absolute Gasteiger partial charge is 0.253 e. The maximum absolute atomic E-state index is 12.6. The van der Waals surface area contributed by atoms with Crippen LogP contribution < -0.4 is 5.32 Å². The highest BCUT2D eigenvalue weighted by Crippen LogP contribution is 2.20. The molecule has 140 valence electrons. The molecule has 1 aliphatic rings. The van der Waals surface area contributed by atoms with Crippen LogP contribution in [-0.4, -0.2) is 64.9 Å². The van der Waals surface area contributed by atoms with Crippen molar-refractivity contribution in [2.45, 2.75) is 58.7 Å². The molecule has 0 bridgehead atoms. The minimum atomic E-state index is -0.149. The maximum atomic E-state index is 12.6. The molecule has 6 heteroatoms. The van der Waals surface area contributed by atoms with Crippen molar-refractivity contribution in [1.29, 1.82) is 0 Å². The Balaban J connectivity index is 1.99. The van der Waals surface area contributed by atoms with Gasteiger partial charge < -0.3 is 14.8 Å². The molecule has 2 atom stereocenters. The van der Waals surface area contributed by atoms with Gasteiger partial charge in [-0.25, -0.2) is 0 Å². The molecule has 1 saturated heterocycles. The molecule has 1 fully saturated rings. The molecule has 0 spiro atoms. The Morgan fingerprint density at radius 2 is 1.92 bits per heavy atom. The molecule has 1 aromatic rings. The molecule has 1 N–H and O–H groups in total. The third kappa shape index (κ3) is 4.42. The number of carbonyl (C=O) groups is 2. The van der Waals surface area contributed by atoms with Crippen LogP contribution in [0.3, 0.4) is 0 Å². The molecule has 2 amide bonds. The van der Waals surface area contributed by atoms with Crippen LogP contribution in [0.1, 0.15) is 51.4 Å². The highest BCUT2D eigenvalue weighted by molar-refractivity contribution is 5.94. The van der Waals surface area contributed by atoms with Gasteiger partial charge in [-0.1, -0.05) is 0 Å². The van der Waals surface area contributed by atoms with Gasteiger partial charge in [-0.15, -0.1) is 0 Å². The first-order valence-electron chi connectivity index (χ1n) is 9.15. The summed E-state index contributed by atoms with van der Waals surface area (Å²) >= 11 is 0. The maximum Gasteiger partial charge on any atom is 0.253 e. The van der Waals surface area contributed by atoms with Crippen molar-refractivity contribution in [3.05, 3.63) is 24.0 Å². The van der Waals surface area contributed by atoms with Crippen molar-refractivity contribution in [2.24, 2.45) is 0 Å². The molecular formula is C19H32N4O2. The number of aromatic nitrogens is 1. The quantitative estimate of drug-likeness (QED) is 0.884. The van der Waals surface area contributed by atoms with Crippen LogP contribution in [-0.2, 0) is 10.3 Å². The second-order valence-corrected chi connectivity index (χ2v) is 7.85. The van der Waals surface area contributed by atoms with Gasteiger partial charge in [0.2, 0.25) is 5.91 Å². The van der Waals surface area contributed by atoms with E-state index in [4.69, 9.17) is 0 Å². The zero-order chi connectivity index (χ0) is 18.8. The third-order valence-corrected chi connectivity index (χ3v) is 4.97. The largest absolute Gasteiger partial charge is 0.348 e. The molecule has 0 saturated carbocycles. The summed E-state index contributed by atoms with van der Waals surface area (Å²) in [4.78, 5) is 29.0. The number of rotatable bonds is 5. The summed E-state index contributed by atoms with van der Waals surface area (Å²) in [5, 5.41) is 3.09. The standard InChI is InChI=1S/C19H32N4O2/c1-7-22(8-2)18(25)16-11-15(13-21(16)6)20-17(24)14-9-10-23(12-14)19(3,4)5/h9-10,12,15-16H,7-8,11,13H2,1-6H3,(H,20,24)/t15-,16+/m1/s1. The Hall–Kier alpha value is -1.82. The minimum absolute atomic E-state index is 0.000000945. The lowest BCUT2D eigenvalue weighted by Crippen LogP contribution is -2.44. The molecule has 6 nitrogen and oxygen atoms in total. The van der Waals surface area contributed by atoms with Crippen LogP contribution in [0.5, 0.6) is 0 Å². The monoisotopic (exact) mass is 348 g/mol. The van der Waals surface area contributed by atoms with Crippen molar-refractivity contribution >= 4 is 11.8 Å². The zero-order valence-electron chi connectivity index (χ0n) is 16.4. The van der Waals surface area contributed by atoms with E-state index in [9.17, 15) is 9.59 Å². The van der Waals surface area contributed by atoms with E-state index >= 15 is 0 Å². The fourth-order valence-electron chi connectivity index (χ4n) is 3.36. The molecule has 0 aromatic carbocycles. The third-order valence-electron chi connectivity index (χ3n) is 4.97. The van der Waals surface area contributed by atoms with Crippen LogP contribution in [0.2, 0.25) is 0 Å². The second-order valence-electron chi connectivity index (χ2n) is 7.85. The highest BCUT2D eigenvalue weighted by atomic mass is 16.2. The van der Waals surface area contributed by atoms with Gasteiger partial charge in [-0.3, -0.25) is 14.5 Å². The molecule has 0 radical (unpaired) electrons. The summed E-state index contributed by atoms with van der Waals surface area (Å²) in [6, 6.07) is 1.70. The van der Waals surface area contributed by atoms with E-state index in [1.807, 2.05) is 53.7 Å². The zero-order valence-corrected chi connectivity index (χ0v) is 16.4. The van der Waals surface area contributed by atoms with Crippen LogP contribution >= 0.6 is 0 Å². The Kier molecular flexibility index (Phi) is 5.93. The second kappa shape index (κ2) is 7.60. The van der Waals surface area contributed by atoms with Crippen LogP contribution in [0.15, 0.2) is 18.5 Å². The van der Waals surface area contributed by atoms with Gasteiger partial charge in [-0.2, -0.15) is 0 Å². The number of amides is 2. The lowest BCUT2D eigenvalue weighted by Gasteiger charge is -2.26. The molecule has 1 aliphatic heterocycles. The Morgan fingerprint density at radius 3 is 2.44 bits per heavy atom. The molecular weight excluding hydrogens is 316 g/mol. The summed E-state index contributed by atoms with van der Waals surface area (Å²) in [5.74, 6) is 0.0838. The number of likely N-dealkylation sites (N-methyl/N-ethyl adjacent to an activating group) is 2. The first-order chi connectivity index (χ1) is 11.7. The average Bonchev–Trinajstić information content (AvgIpc) is 3.15. The lowest BCUT2D eigenvalue weighted by molar-refractivity contribution is -0.135. The van der Waals surface area contributed by atoms with Crippen molar-refractivity contribution in [3.8, 4) is 0 Å². The van der Waals surface area contributed by atoms with Crippen LogP contribution in [0.4, 0.5) is 0 Å². The van der Waals surface area contributed by atoms with E-state index in [1.165, 1.54) is 0 Å². The van der Waals surface area contributed by atoms with E-state index in [0.717, 1.165) is 13.1 Å². The lowest BCUT2D eigenvalue weighted by atomic mass is 10.1. The van der Waals surface area contributed by atoms with Gasteiger partial charge in [-0.05, 0) is 54.2 Å². The minimum Gasteiger partial charge on any atom is -0.348 e. The Bertz CT molecular complexity index is 613. The number of hydrogen-bond acceptors (Lipinski definition) is 3. The Morgan fingerprint density at radius 1 is 1.28 bits per heavy atom. The normalized spacial score (nSPS) is 21.4. The number of hydrogen-bond donors (Lipinski definition) is 1. The van der Waals surface area contributed by atoms with Gasteiger partial charge in [0.15, 0.2) is 0 Å². The molecule has 0 unspecified atom stereocenters. The van der Waals surface area contributed by atoms with E-state index in [-0.39, 0.29) is 29.4 Å². The molecule has 2 heterocycles. The first kappa shape index (κ1) is 19.5. The van der Waals surface area contributed by atoms with E-state index in [2.05, 4.69) is 26.1 Å². The topological polar surface area (TPSA) is 57.6 Å². The summed E-state index contributed by atoms with van der Waals surface area (Å²) in [6.45, 7) is 12.4. The summed E-state index contributed by atoms with van der Waals surface area (Å²) < 4.78 is 2.04.